The average molecular weight is 243 g/mol. The van der Waals surface area contributed by atoms with Gasteiger partial charge in [0.05, 0.1) is 6.21 Å². The van der Waals surface area contributed by atoms with Crippen LogP contribution in [0.2, 0.25) is 0 Å². The molecule has 2 rings (SSSR count). The van der Waals surface area contributed by atoms with Crippen LogP contribution in [0.15, 0.2) is 40.1 Å². The molecule has 0 aromatic carbocycles. The van der Waals surface area contributed by atoms with Crippen LogP contribution < -0.4 is 5.43 Å². The van der Waals surface area contributed by atoms with Gasteiger partial charge in [0.15, 0.2) is 5.76 Å². The molecule has 92 valence electrons. The van der Waals surface area contributed by atoms with Crippen LogP contribution in [0, 0.1) is 13.8 Å². The van der Waals surface area contributed by atoms with Crippen LogP contribution in [0.25, 0.3) is 0 Å². The Hall–Kier alpha value is -2.43. The highest BCUT2D eigenvalue weighted by molar-refractivity contribution is 5.92. The Morgan fingerprint density at radius 3 is 2.94 bits per heavy atom. The van der Waals surface area contributed by atoms with Gasteiger partial charge in [-0.25, -0.2) is 5.43 Å². The van der Waals surface area contributed by atoms with E-state index < -0.39 is 0 Å². The number of pyridine rings is 1. The lowest BCUT2D eigenvalue weighted by Gasteiger charge is -1.95. The fourth-order valence-corrected chi connectivity index (χ4v) is 1.36. The molecule has 2 heterocycles. The number of rotatable bonds is 3. The Bertz CT molecular complexity index is 554. The van der Waals surface area contributed by atoms with Gasteiger partial charge >= 0.3 is 5.91 Å². The quantitative estimate of drug-likeness (QED) is 0.662. The van der Waals surface area contributed by atoms with Crippen molar-refractivity contribution < 1.29 is 9.21 Å². The Balaban J connectivity index is 1.98. The van der Waals surface area contributed by atoms with Gasteiger partial charge in [0.25, 0.3) is 0 Å². The van der Waals surface area contributed by atoms with Crippen molar-refractivity contribution in [3.05, 3.63) is 53.2 Å². The first-order valence-corrected chi connectivity index (χ1v) is 5.47. The second-order valence-electron chi connectivity index (χ2n) is 3.84. The van der Waals surface area contributed by atoms with Gasteiger partial charge in [0, 0.05) is 18.0 Å². The van der Waals surface area contributed by atoms with E-state index in [1.807, 2.05) is 19.9 Å². The van der Waals surface area contributed by atoms with Crippen LogP contribution >= 0.6 is 0 Å². The standard InChI is InChI=1S/C13H13N3O2/c1-9-6-12(18-10(9)2)13(17)16-15-8-11-4-3-5-14-7-11/h3-8H,1-2H3,(H,16,17). The fraction of sp³-hybridized carbons (Fsp3) is 0.154. The molecule has 0 aliphatic carbocycles. The molecular weight excluding hydrogens is 230 g/mol. The maximum absolute atomic E-state index is 11.7. The molecule has 5 heteroatoms. The number of nitrogens with one attached hydrogen (secondary N) is 1. The molecule has 18 heavy (non-hydrogen) atoms. The maximum atomic E-state index is 11.7. The van der Waals surface area contributed by atoms with E-state index in [0.29, 0.717) is 0 Å². The molecule has 0 radical (unpaired) electrons. The zero-order chi connectivity index (χ0) is 13.0. The van der Waals surface area contributed by atoms with E-state index in [1.165, 1.54) is 6.21 Å². The van der Waals surface area contributed by atoms with Crippen molar-refractivity contribution in [2.45, 2.75) is 13.8 Å². The van der Waals surface area contributed by atoms with Gasteiger partial charge in [0.2, 0.25) is 0 Å². The number of hydrogen-bond acceptors (Lipinski definition) is 4. The van der Waals surface area contributed by atoms with Crippen molar-refractivity contribution in [3.63, 3.8) is 0 Å². The minimum Gasteiger partial charge on any atom is -0.456 e. The van der Waals surface area contributed by atoms with Crippen LogP contribution in [-0.2, 0) is 0 Å². The van der Waals surface area contributed by atoms with Crippen LogP contribution in [0.1, 0.15) is 27.4 Å². The van der Waals surface area contributed by atoms with Crippen molar-refractivity contribution in [1.29, 1.82) is 0 Å². The summed E-state index contributed by atoms with van der Waals surface area (Å²) in [5.41, 5.74) is 4.15. The highest BCUT2D eigenvalue weighted by Gasteiger charge is 2.11. The number of carbonyl (C=O) groups excluding carboxylic acids is 1. The predicted octanol–water partition coefficient (Wildman–Crippen LogP) is 2.06. The van der Waals surface area contributed by atoms with E-state index >= 15 is 0 Å². The van der Waals surface area contributed by atoms with Gasteiger partial charge in [-0.2, -0.15) is 5.10 Å². The number of hydrogen-bond donors (Lipinski definition) is 1. The van der Waals surface area contributed by atoms with Crippen molar-refractivity contribution >= 4 is 12.1 Å². The number of aromatic nitrogens is 1. The summed E-state index contributed by atoms with van der Waals surface area (Å²) in [4.78, 5) is 15.6. The Morgan fingerprint density at radius 1 is 1.50 bits per heavy atom. The number of nitrogens with zero attached hydrogens (tertiary/aromatic N) is 2. The van der Waals surface area contributed by atoms with Gasteiger partial charge in [-0.05, 0) is 31.5 Å². The highest BCUT2D eigenvalue weighted by atomic mass is 16.4. The van der Waals surface area contributed by atoms with E-state index in [-0.39, 0.29) is 11.7 Å². The van der Waals surface area contributed by atoms with Gasteiger partial charge < -0.3 is 4.42 Å². The molecular formula is C13H13N3O2. The summed E-state index contributed by atoms with van der Waals surface area (Å²) in [5, 5.41) is 3.83. The summed E-state index contributed by atoms with van der Waals surface area (Å²) in [6, 6.07) is 5.32. The van der Waals surface area contributed by atoms with E-state index in [0.717, 1.165) is 16.9 Å². The topological polar surface area (TPSA) is 67.5 Å². The first-order valence-electron chi connectivity index (χ1n) is 5.47. The van der Waals surface area contributed by atoms with E-state index in [1.54, 1.807) is 24.5 Å². The monoisotopic (exact) mass is 243 g/mol. The third-order valence-electron chi connectivity index (χ3n) is 2.45. The molecule has 1 amide bonds. The summed E-state index contributed by atoms with van der Waals surface area (Å²) in [7, 11) is 0. The van der Waals surface area contributed by atoms with Crippen LogP contribution in [0.3, 0.4) is 0 Å². The Labute approximate surface area is 105 Å². The molecule has 0 fully saturated rings. The number of furan rings is 1. The number of carbonyl (C=O) groups is 1. The van der Waals surface area contributed by atoms with Crippen molar-refractivity contribution in [1.82, 2.24) is 10.4 Å². The molecule has 2 aromatic heterocycles. The highest BCUT2D eigenvalue weighted by Crippen LogP contribution is 2.12. The first-order chi connectivity index (χ1) is 8.66. The second-order valence-corrected chi connectivity index (χ2v) is 3.84. The van der Waals surface area contributed by atoms with E-state index in [9.17, 15) is 4.79 Å². The zero-order valence-electron chi connectivity index (χ0n) is 10.2. The lowest BCUT2D eigenvalue weighted by atomic mass is 10.3. The minimum atomic E-state index is -0.369. The van der Waals surface area contributed by atoms with Gasteiger partial charge in [-0.1, -0.05) is 6.07 Å². The predicted molar refractivity (Wildman–Crippen MR) is 67.5 cm³/mol. The number of aryl methyl sites for hydroxylation is 2. The SMILES string of the molecule is Cc1cc(C(=O)NN=Cc2cccnc2)oc1C. The molecule has 0 spiro atoms. The summed E-state index contributed by atoms with van der Waals surface area (Å²) in [6.07, 6.45) is 4.84. The molecule has 0 aliphatic rings. The number of amides is 1. The average Bonchev–Trinajstić information content (AvgIpc) is 2.71. The summed E-state index contributed by atoms with van der Waals surface area (Å²) >= 11 is 0. The normalized spacial score (nSPS) is 10.8. The molecule has 0 atom stereocenters. The summed E-state index contributed by atoms with van der Waals surface area (Å²) in [6.45, 7) is 3.69. The molecule has 5 nitrogen and oxygen atoms in total. The molecule has 0 unspecified atom stereocenters. The minimum absolute atomic E-state index is 0.258. The molecule has 0 bridgehead atoms. The second kappa shape index (κ2) is 5.27. The van der Waals surface area contributed by atoms with Crippen LogP contribution in [-0.4, -0.2) is 17.1 Å². The molecule has 0 saturated heterocycles. The van der Waals surface area contributed by atoms with E-state index in [2.05, 4.69) is 15.5 Å². The lowest BCUT2D eigenvalue weighted by Crippen LogP contribution is -2.16. The maximum Gasteiger partial charge on any atom is 0.307 e. The van der Waals surface area contributed by atoms with Crippen molar-refractivity contribution in [3.8, 4) is 0 Å². The third-order valence-corrected chi connectivity index (χ3v) is 2.45. The van der Waals surface area contributed by atoms with Crippen molar-refractivity contribution in [2.24, 2.45) is 5.10 Å². The molecule has 1 N–H and O–H groups in total. The Kier molecular flexibility index (Phi) is 3.52. The lowest BCUT2D eigenvalue weighted by molar-refractivity contribution is 0.0926. The fourth-order valence-electron chi connectivity index (χ4n) is 1.36. The van der Waals surface area contributed by atoms with E-state index in [4.69, 9.17) is 4.42 Å². The summed E-state index contributed by atoms with van der Waals surface area (Å²) in [5.74, 6) is 0.621. The van der Waals surface area contributed by atoms with Gasteiger partial charge in [0.1, 0.15) is 5.76 Å². The van der Waals surface area contributed by atoms with Crippen molar-refractivity contribution in [2.75, 3.05) is 0 Å². The molecule has 0 saturated carbocycles. The van der Waals surface area contributed by atoms with Gasteiger partial charge in [-0.3, -0.25) is 9.78 Å². The van der Waals surface area contributed by atoms with Gasteiger partial charge in [-0.15, -0.1) is 0 Å². The molecule has 0 aliphatic heterocycles. The molecule has 2 aromatic rings. The Morgan fingerprint density at radius 2 is 2.33 bits per heavy atom. The third kappa shape index (κ3) is 2.82. The number of hydrazone groups is 1. The first kappa shape index (κ1) is 12.0. The smallest absolute Gasteiger partial charge is 0.307 e. The van der Waals surface area contributed by atoms with Crippen LogP contribution in [0.5, 0.6) is 0 Å². The zero-order valence-corrected chi connectivity index (χ0v) is 10.2. The largest absolute Gasteiger partial charge is 0.456 e. The summed E-state index contributed by atoms with van der Waals surface area (Å²) < 4.78 is 5.28. The van der Waals surface area contributed by atoms with Crippen LogP contribution in [0.4, 0.5) is 0 Å².